The van der Waals surface area contributed by atoms with Crippen LogP contribution in [0.4, 0.5) is 0 Å². The highest BCUT2D eigenvalue weighted by molar-refractivity contribution is 5.05. The number of allylic oxidation sites excluding steroid dienone is 1. The van der Waals surface area contributed by atoms with E-state index in [-0.39, 0.29) is 0 Å². The number of rotatable bonds is 0. The molecule has 2 heteroatoms. The minimum absolute atomic E-state index is 1.23. The molecule has 9 heavy (non-hydrogen) atoms. The van der Waals surface area contributed by atoms with Crippen LogP contribution in [0.25, 0.3) is 0 Å². The molecule has 0 aromatic carbocycles. The van der Waals surface area contributed by atoms with Crippen LogP contribution in [0.5, 0.6) is 0 Å². The molecule has 1 saturated heterocycles. The zero-order valence-corrected chi connectivity index (χ0v) is 5.80. The van der Waals surface area contributed by atoms with Crippen molar-refractivity contribution in [3.8, 4) is 0 Å². The molecule has 0 radical (unpaired) electrons. The molecule has 3 aliphatic rings. The fourth-order valence-electron chi connectivity index (χ4n) is 1.55. The average Bonchev–Trinajstić information content (AvgIpc) is 1.90. The second-order valence-electron chi connectivity index (χ2n) is 2.79. The van der Waals surface area contributed by atoms with Gasteiger partial charge in [-0.3, -0.25) is 0 Å². The SMILES string of the molecule is CC1=CN2CCN1CC2. The van der Waals surface area contributed by atoms with E-state index in [4.69, 9.17) is 0 Å². The molecule has 50 valence electrons. The van der Waals surface area contributed by atoms with Crippen LogP contribution in [0.2, 0.25) is 0 Å². The van der Waals surface area contributed by atoms with Gasteiger partial charge in [0, 0.05) is 38.1 Å². The van der Waals surface area contributed by atoms with E-state index in [1.165, 1.54) is 31.9 Å². The molecule has 0 unspecified atom stereocenters. The average molecular weight is 124 g/mol. The molecule has 0 atom stereocenters. The zero-order valence-electron chi connectivity index (χ0n) is 5.80. The molecule has 3 heterocycles. The standard InChI is InChI=1S/C7H12N2/c1-7-6-8-2-4-9(7)5-3-8/h6H,2-5H2,1H3. The highest BCUT2D eigenvalue weighted by Crippen LogP contribution is 2.16. The topological polar surface area (TPSA) is 6.48 Å². The molecule has 2 bridgehead atoms. The number of hydrogen-bond acceptors (Lipinski definition) is 2. The van der Waals surface area contributed by atoms with Gasteiger partial charge in [-0.05, 0) is 6.92 Å². The van der Waals surface area contributed by atoms with Crippen LogP contribution in [0.15, 0.2) is 11.9 Å². The summed E-state index contributed by atoms with van der Waals surface area (Å²) >= 11 is 0. The molecular weight excluding hydrogens is 112 g/mol. The summed E-state index contributed by atoms with van der Waals surface area (Å²) in [5, 5.41) is 0. The Kier molecular flexibility index (Phi) is 0.949. The first-order valence-corrected chi connectivity index (χ1v) is 3.54. The van der Waals surface area contributed by atoms with Crippen LogP contribution in [0.3, 0.4) is 0 Å². The third-order valence-corrected chi connectivity index (χ3v) is 2.18. The van der Waals surface area contributed by atoms with Crippen molar-refractivity contribution in [1.29, 1.82) is 0 Å². The Labute approximate surface area is 55.7 Å². The van der Waals surface area contributed by atoms with Gasteiger partial charge in [0.25, 0.3) is 0 Å². The third-order valence-electron chi connectivity index (χ3n) is 2.18. The van der Waals surface area contributed by atoms with Crippen LogP contribution in [-0.2, 0) is 0 Å². The lowest BCUT2D eigenvalue weighted by Gasteiger charge is -2.41. The third kappa shape index (κ3) is 0.696. The summed E-state index contributed by atoms with van der Waals surface area (Å²) < 4.78 is 0. The molecule has 0 aromatic rings. The lowest BCUT2D eigenvalue weighted by molar-refractivity contribution is 0.166. The van der Waals surface area contributed by atoms with Crippen LogP contribution in [0.1, 0.15) is 6.92 Å². The smallest absolute Gasteiger partial charge is 0.0352 e. The van der Waals surface area contributed by atoms with E-state index >= 15 is 0 Å². The first-order chi connectivity index (χ1) is 4.36. The molecule has 0 aliphatic carbocycles. The Hall–Kier alpha value is -0.660. The van der Waals surface area contributed by atoms with Gasteiger partial charge in [0.2, 0.25) is 0 Å². The highest BCUT2D eigenvalue weighted by Gasteiger charge is 2.19. The zero-order chi connectivity index (χ0) is 6.27. The van der Waals surface area contributed by atoms with Crippen molar-refractivity contribution in [2.75, 3.05) is 26.2 Å². The number of piperazine rings is 1. The van der Waals surface area contributed by atoms with Crippen molar-refractivity contribution < 1.29 is 0 Å². The van der Waals surface area contributed by atoms with E-state index < -0.39 is 0 Å². The molecule has 3 aliphatic heterocycles. The second kappa shape index (κ2) is 1.66. The Bertz CT molecular complexity index is 143. The molecule has 0 amide bonds. The first-order valence-electron chi connectivity index (χ1n) is 3.54. The molecule has 0 saturated carbocycles. The summed E-state index contributed by atoms with van der Waals surface area (Å²) in [5.74, 6) is 0. The largest absolute Gasteiger partial charge is 0.372 e. The maximum atomic E-state index is 2.44. The fourth-order valence-corrected chi connectivity index (χ4v) is 1.55. The normalized spacial score (nSPS) is 24.8. The van der Waals surface area contributed by atoms with Gasteiger partial charge in [-0.25, -0.2) is 0 Å². The second-order valence-corrected chi connectivity index (χ2v) is 2.79. The maximum Gasteiger partial charge on any atom is 0.0352 e. The van der Waals surface area contributed by atoms with Crippen molar-refractivity contribution in [3.05, 3.63) is 11.9 Å². The minimum Gasteiger partial charge on any atom is -0.372 e. The Morgan fingerprint density at radius 2 is 1.89 bits per heavy atom. The van der Waals surface area contributed by atoms with E-state index in [2.05, 4.69) is 22.9 Å². The predicted octanol–water partition coefficient (Wildman–Crippen LogP) is 0.479. The van der Waals surface area contributed by atoms with Gasteiger partial charge in [0.15, 0.2) is 0 Å². The lowest BCUT2D eigenvalue weighted by atomic mass is 10.2. The van der Waals surface area contributed by atoms with E-state index in [1.54, 1.807) is 0 Å². The number of fused-ring (bicyclic) bond motifs is 2. The van der Waals surface area contributed by atoms with Crippen molar-refractivity contribution in [3.63, 3.8) is 0 Å². The van der Waals surface area contributed by atoms with Crippen molar-refractivity contribution in [2.24, 2.45) is 0 Å². The van der Waals surface area contributed by atoms with Crippen molar-refractivity contribution >= 4 is 0 Å². The summed E-state index contributed by atoms with van der Waals surface area (Å²) in [4.78, 5) is 4.84. The molecule has 0 aromatic heterocycles. The monoisotopic (exact) mass is 124 g/mol. The molecular formula is C7H12N2. The summed E-state index contributed by atoms with van der Waals surface area (Å²) in [6.07, 6.45) is 2.26. The summed E-state index contributed by atoms with van der Waals surface area (Å²) in [6.45, 7) is 7.13. The van der Waals surface area contributed by atoms with Crippen LogP contribution in [0, 0.1) is 0 Å². The van der Waals surface area contributed by atoms with Crippen LogP contribution >= 0.6 is 0 Å². The van der Waals surface area contributed by atoms with Gasteiger partial charge in [-0.1, -0.05) is 0 Å². The Balaban J connectivity index is 2.25. The predicted molar refractivity (Wildman–Crippen MR) is 36.9 cm³/mol. The van der Waals surface area contributed by atoms with Gasteiger partial charge >= 0.3 is 0 Å². The number of hydrogen-bond donors (Lipinski definition) is 0. The highest BCUT2D eigenvalue weighted by atomic mass is 15.3. The summed E-state index contributed by atoms with van der Waals surface area (Å²) in [5.41, 5.74) is 1.44. The molecule has 0 N–H and O–H groups in total. The summed E-state index contributed by atoms with van der Waals surface area (Å²) in [6, 6.07) is 0. The van der Waals surface area contributed by atoms with Crippen molar-refractivity contribution in [1.82, 2.24) is 9.80 Å². The van der Waals surface area contributed by atoms with E-state index in [0.717, 1.165) is 0 Å². The Morgan fingerprint density at radius 3 is 2.11 bits per heavy atom. The van der Waals surface area contributed by atoms with E-state index in [1.807, 2.05) is 0 Å². The fraction of sp³-hybridized carbons (Fsp3) is 0.714. The lowest BCUT2D eigenvalue weighted by Crippen LogP contribution is -2.47. The molecule has 2 nitrogen and oxygen atoms in total. The van der Waals surface area contributed by atoms with Gasteiger partial charge < -0.3 is 9.80 Å². The molecule has 1 fully saturated rings. The van der Waals surface area contributed by atoms with Crippen LogP contribution < -0.4 is 0 Å². The van der Waals surface area contributed by atoms with E-state index in [9.17, 15) is 0 Å². The van der Waals surface area contributed by atoms with Crippen LogP contribution in [-0.4, -0.2) is 36.0 Å². The quantitative estimate of drug-likeness (QED) is 0.463. The first kappa shape index (κ1) is 5.15. The maximum absolute atomic E-state index is 2.44. The van der Waals surface area contributed by atoms with Gasteiger partial charge in [0.05, 0.1) is 0 Å². The number of nitrogens with zero attached hydrogens (tertiary/aromatic N) is 2. The molecule has 0 spiro atoms. The van der Waals surface area contributed by atoms with Gasteiger partial charge in [0.1, 0.15) is 0 Å². The van der Waals surface area contributed by atoms with Gasteiger partial charge in [-0.2, -0.15) is 0 Å². The van der Waals surface area contributed by atoms with E-state index in [0.29, 0.717) is 0 Å². The minimum atomic E-state index is 1.23. The van der Waals surface area contributed by atoms with Gasteiger partial charge in [-0.15, -0.1) is 0 Å². The summed E-state index contributed by atoms with van der Waals surface area (Å²) in [7, 11) is 0. The Morgan fingerprint density at radius 1 is 1.22 bits per heavy atom. The molecule has 3 rings (SSSR count). The van der Waals surface area contributed by atoms with Crippen molar-refractivity contribution in [2.45, 2.75) is 6.92 Å².